The molecule has 2 heteroatoms. The van der Waals surface area contributed by atoms with E-state index in [1.807, 2.05) is 0 Å². The number of piperidine rings is 1. The van der Waals surface area contributed by atoms with E-state index >= 15 is 0 Å². The van der Waals surface area contributed by atoms with E-state index in [1.54, 1.807) is 0 Å². The van der Waals surface area contributed by atoms with Crippen molar-refractivity contribution in [1.82, 2.24) is 5.32 Å². The van der Waals surface area contributed by atoms with Gasteiger partial charge in [-0.1, -0.05) is 13.3 Å². The molecule has 4 unspecified atom stereocenters. The molecule has 0 bridgehead atoms. The number of nitrogens with one attached hydrogen (secondary N) is 1. The summed E-state index contributed by atoms with van der Waals surface area (Å²) in [5, 5.41) is 3.61. The number of halogens is 1. The van der Waals surface area contributed by atoms with Crippen LogP contribution in [0, 0.1) is 11.8 Å². The average molecular weight is 199 g/mol. The van der Waals surface area contributed by atoms with Crippen molar-refractivity contribution in [2.75, 3.05) is 6.54 Å². The third-order valence-corrected chi connectivity index (χ3v) is 4.04. The summed E-state index contributed by atoms with van der Waals surface area (Å²) in [6.45, 7) is 3.40. The van der Waals surface area contributed by atoms with Crippen molar-refractivity contribution in [2.45, 2.75) is 57.7 Å². The molecule has 1 aliphatic carbocycles. The molecule has 0 aromatic carbocycles. The van der Waals surface area contributed by atoms with Crippen molar-refractivity contribution in [3.05, 3.63) is 0 Å². The van der Waals surface area contributed by atoms with Crippen molar-refractivity contribution >= 4 is 0 Å². The van der Waals surface area contributed by atoms with Crippen LogP contribution in [0.5, 0.6) is 0 Å². The lowest BCUT2D eigenvalue weighted by molar-refractivity contribution is 0.112. The van der Waals surface area contributed by atoms with E-state index in [2.05, 4.69) is 12.2 Å². The summed E-state index contributed by atoms with van der Waals surface area (Å²) in [6, 6.07) is 0.686. The van der Waals surface area contributed by atoms with Crippen LogP contribution in [0.1, 0.15) is 45.4 Å². The topological polar surface area (TPSA) is 12.0 Å². The summed E-state index contributed by atoms with van der Waals surface area (Å²) >= 11 is 0. The Morgan fingerprint density at radius 3 is 2.64 bits per heavy atom. The highest BCUT2D eigenvalue weighted by molar-refractivity contribution is 4.87. The Bertz CT molecular complexity index is 177. The Morgan fingerprint density at radius 1 is 1.14 bits per heavy atom. The second-order valence-electron chi connectivity index (χ2n) is 5.11. The first kappa shape index (κ1) is 10.4. The fraction of sp³-hybridized carbons (Fsp3) is 1.00. The lowest BCUT2D eigenvalue weighted by Crippen LogP contribution is -2.44. The summed E-state index contributed by atoms with van der Waals surface area (Å²) < 4.78 is 13.2. The van der Waals surface area contributed by atoms with Crippen LogP contribution in [0.25, 0.3) is 0 Å². The maximum Gasteiger partial charge on any atom is 0.100 e. The maximum absolute atomic E-state index is 13.2. The van der Waals surface area contributed by atoms with Gasteiger partial charge in [-0.05, 0) is 50.5 Å². The molecule has 1 aliphatic heterocycles. The molecule has 82 valence electrons. The average Bonchev–Trinajstić information content (AvgIpc) is 2.19. The van der Waals surface area contributed by atoms with E-state index in [9.17, 15) is 4.39 Å². The molecule has 1 saturated carbocycles. The number of alkyl halides is 1. The SMILES string of the molecule is CC1CC(F)CCC1C1CCCCN1. The van der Waals surface area contributed by atoms with Gasteiger partial charge in [0.25, 0.3) is 0 Å². The third kappa shape index (κ3) is 2.28. The highest BCUT2D eigenvalue weighted by atomic mass is 19.1. The Hall–Kier alpha value is -0.110. The molecule has 2 fully saturated rings. The highest BCUT2D eigenvalue weighted by Crippen LogP contribution is 2.35. The van der Waals surface area contributed by atoms with Crippen LogP contribution in [0.3, 0.4) is 0 Å². The first-order chi connectivity index (χ1) is 6.77. The largest absolute Gasteiger partial charge is 0.314 e. The number of rotatable bonds is 1. The van der Waals surface area contributed by atoms with Gasteiger partial charge in [-0.25, -0.2) is 4.39 Å². The van der Waals surface area contributed by atoms with Gasteiger partial charge in [0.1, 0.15) is 6.17 Å². The van der Waals surface area contributed by atoms with E-state index in [0.29, 0.717) is 12.0 Å². The van der Waals surface area contributed by atoms with Gasteiger partial charge >= 0.3 is 0 Å². The summed E-state index contributed by atoms with van der Waals surface area (Å²) in [4.78, 5) is 0. The van der Waals surface area contributed by atoms with Gasteiger partial charge < -0.3 is 5.32 Å². The van der Waals surface area contributed by atoms with Crippen molar-refractivity contribution in [1.29, 1.82) is 0 Å². The van der Waals surface area contributed by atoms with Crippen molar-refractivity contribution in [2.24, 2.45) is 11.8 Å². The van der Waals surface area contributed by atoms with Gasteiger partial charge in [-0.15, -0.1) is 0 Å². The highest BCUT2D eigenvalue weighted by Gasteiger charge is 2.33. The van der Waals surface area contributed by atoms with Crippen LogP contribution in [0.4, 0.5) is 4.39 Å². The van der Waals surface area contributed by atoms with Gasteiger partial charge in [-0.2, -0.15) is 0 Å². The van der Waals surface area contributed by atoms with E-state index in [-0.39, 0.29) is 0 Å². The third-order valence-electron chi connectivity index (χ3n) is 4.04. The van der Waals surface area contributed by atoms with E-state index < -0.39 is 6.17 Å². The fourth-order valence-electron chi connectivity index (χ4n) is 3.20. The minimum atomic E-state index is -0.523. The predicted octanol–water partition coefficient (Wildman–Crippen LogP) is 2.90. The van der Waals surface area contributed by atoms with Crippen LogP contribution >= 0.6 is 0 Å². The zero-order chi connectivity index (χ0) is 9.97. The number of hydrogen-bond donors (Lipinski definition) is 1. The predicted molar refractivity (Wildman–Crippen MR) is 57.0 cm³/mol. The summed E-state index contributed by atoms with van der Waals surface area (Å²) in [7, 11) is 0. The molecule has 0 spiro atoms. The van der Waals surface area contributed by atoms with Gasteiger partial charge in [0.05, 0.1) is 0 Å². The van der Waals surface area contributed by atoms with Crippen LogP contribution in [0.15, 0.2) is 0 Å². The molecular weight excluding hydrogens is 177 g/mol. The maximum atomic E-state index is 13.2. The zero-order valence-electron chi connectivity index (χ0n) is 9.14. The molecule has 14 heavy (non-hydrogen) atoms. The molecule has 0 amide bonds. The Labute approximate surface area is 86.5 Å². The number of hydrogen-bond acceptors (Lipinski definition) is 1. The minimum absolute atomic E-state index is 0.523. The van der Waals surface area contributed by atoms with Gasteiger partial charge in [0.15, 0.2) is 0 Å². The molecule has 1 N–H and O–H groups in total. The van der Waals surface area contributed by atoms with Crippen LogP contribution in [-0.2, 0) is 0 Å². The van der Waals surface area contributed by atoms with Crippen LogP contribution in [0.2, 0.25) is 0 Å². The first-order valence-corrected chi connectivity index (χ1v) is 6.15. The summed E-state index contributed by atoms with van der Waals surface area (Å²) in [5.74, 6) is 1.32. The minimum Gasteiger partial charge on any atom is -0.314 e. The van der Waals surface area contributed by atoms with Gasteiger partial charge in [0, 0.05) is 6.04 Å². The normalized spacial score (nSPS) is 45.0. The van der Waals surface area contributed by atoms with E-state index in [0.717, 1.165) is 25.2 Å². The lowest BCUT2D eigenvalue weighted by Gasteiger charge is -2.39. The van der Waals surface area contributed by atoms with Gasteiger partial charge in [0.2, 0.25) is 0 Å². The standard InChI is InChI=1S/C12H22FN/c1-9-8-10(13)5-6-11(9)12-4-2-3-7-14-12/h9-12,14H,2-8H2,1H3. The molecule has 1 heterocycles. The lowest BCUT2D eigenvalue weighted by atomic mass is 9.73. The fourth-order valence-corrected chi connectivity index (χ4v) is 3.20. The smallest absolute Gasteiger partial charge is 0.100 e. The summed E-state index contributed by atoms with van der Waals surface area (Å²) in [6.07, 6.45) is 6.16. The Kier molecular flexibility index (Phi) is 3.42. The second kappa shape index (κ2) is 4.61. The van der Waals surface area contributed by atoms with Crippen molar-refractivity contribution in [3.63, 3.8) is 0 Å². The molecule has 1 saturated heterocycles. The second-order valence-corrected chi connectivity index (χ2v) is 5.11. The molecular formula is C12H22FN. The van der Waals surface area contributed by atoms with Crippen LogP contribution in [-0.4, -0.2) is 18.8 Å². The first-order valence-electron chi connectivity index (χ1n) is 6.15. The molecule has 2 rings (SSSR count). The molecule has 1 nitrogen and oxygen atoms in total. The molecule has 0 radical (unpaired) electrons. The van der Waals surface area contributed by atoms with Crippen molar-refractivity contribution < 1.29 is 4.39 Å². The Morgan fingerprint density at radius 2 is 2.00 bits per heavy atom. The molecule has 0 aromatic heterocycles. The van der Waals surface area contributed by atoms with E-state index in [1.165, 1.54) is 25.8 Å². The van der Waals surface area contributed by atoms with Crippen molar-refractivity contribution in [3.8, 4) is 0 Å². The zero-order valence-corrected chi connectivity index (χ0v) is 9.14. The molecule has 0 aromatic rings. The molecule has 4 atom stereocenters. The van der Waals surface area contributed by atoms with Gasteiger partial charge in [-0.3, -0.25) is 0 Å². The molecule has 2 aliphatic rings. The van der Waals surface area contributed by atoms with Crippen LogP contribution < -0.4 is 5.32 Å². The van der Waals surface area contributed by atoms with E-state index in [4.69, 9.17) is 0 Å². The Balaban J connectivity index is 1.89. The quantitative estimate of drug-likeness (QED) is 0.684. The summed E-state index contributed by atoms with van der Waals surface area (Å²) in [5.41, 5.74) is 0. The monoisotopic (exact) mass is 199 g/mol.